The lowest BCUT2D eigenvalue weighted by molar-refractivity contribution is -0.137. The first-order valence-electron chi connectivity index (χ1n) is 5.05. The standard InChI is InChI=1S/C10H17NO3/c1-11-7-6-8(2-4-9(11)12)3-5-10(13)14/h8H,2-7H2,1H3,(H,13,14)/t8-/m0/s1. The van der Waals surface area contributed by atoms with Crippen molar-refractivity contribution in [1.82, 2.24) is 4.90 Å². The molecule has 4 nitrogen and oxygen atoms in total. The van der Waals surface area contributed by atoms with Gasteiger partial charge in [-0.05, 0) is 25.2 Å². The van der Waals surface area contributed by atoms with Crippen LogP contribution in [0.25, 0.3) is 0 Å². The number of hydrogen-bond donors (Lipinski definition) is 1. The molecular formula is C10H17NO3. The smallest absolute Gasteiger partial charge is 0.303 e. The Kier molecular flexibility index (Phi) is 3.92. The van der Waals surface area contributed by atoms with E-state index in [9.17, 15) is 9.59 Å². The van der Waals surface area contributed by atoms with E-state index in [1.165, 1.54) is 0 Å². The number of amides is 1. The predicted molar refractivity (Wildman–Crippen MR) is 51.8 cm³/mol. The predicted octanol–water partition coefficient (Wildman–Crippen LogP) is 1.11. The van der Waals surface area contributed by atoms with Gasteiger partial charge in [-0.1, -0.05) is 0 Å². The van der Waals surface area contributed by atoms with Crippen molar-refractivity contribution in [1.29, 1.82) is 0 Å². The maximum absolute atomic E-state index is 11.3. The summed E-state index contributed by atoms with van der Waals surface area (Å²) in [5.41, 5.74) is 0. The van der Waals surface area contributed by atoms with Gasteiger partial charge in [-0.3, -0.25) is 9.59 Å². The van der Waals surface area contributed by atoms with Crippen molar-refractivity contribution in [2.24, 2.45) is 5.92 Å². The minimum absolute atomic E-state index is 0.183. The number of rotatable bonds is 3. The van der Waals surface area contributed by atoms with Gasteiger partial charge in [0.1, 0.15) is 0 Å². The Bertz CT molecular complexity index is 225. The third kappa shape index (κ3) is 3.36. The first-order valence-corrected chi connectivity index (χ1v) is 5.05. The maximum atomic E-state index is 11.3. The first kappa shape index (κ1) is 11.0. The molecule has 1 rings (SSSR count). The van der Waals surface area contributed by atoms with E-state index in [1.54, 1.807) is 4.90 Å². The van der Waals surface area contributed by atoms with E-state index in [2.05, 4.69) is 0 Å². The van der Waals surface area contributed by atoms with E-state index >= 15 is 0 Å². The topological polar surface area (TPSA) is 57.6 Å². The summed E-state index contributed by atoms with van der Waals surface area (Å²) in [6.45, 7) is 0.767. The number of hydrogen-bond acceptors (Lipinski definition) is 2. The van der Waals surface area contributed by atoms with Gasteiger partial charge in [0.25, 0.3) is 0 Å². The summed E-state index contributed by atoms with van der Waals surface area (Å²) in [6.07, 6.45) is 3.28. The summed E-state index contributed by atoms with van der Waals surface area (Å²) in [7, 11) is 1.81. The molecule has 1 N–H and O–H groups in total. The maximum Gasteiger partial charge on any atom is 0.303 e. The van der Waals surface area contributed by atoms with Crippen molar-refractivity contribution in [3.63, 3.8) is 0 Å². The molecule has 1 atom stereocenters. The van der Waals surface area contributed by atoms with E-state index in [4.69, 9.17) is 5.11 Å². The highest BCUT2D eigenvalue weighted by atomic mass is 16.4. The molecule has 0 radical (unpaired) electrons. The number of nitrogens with zero attached hydrogens (tertiary/aromatic N) is 1. The van der Waals surface area contributed by atoms with E-state index in [-0.39, 0.29) is 12.3 Å². The van der Waals surface area contributed by atoms with Gasteiger partial charge in [-0.25, -0.2) is 0 Å². The number of carbonyl (C=O) groups excluding carboxylic acids is 1. The number of carboxylic acids is 1. The summed E-state index contributed by atoms with van der Waals surface area (Å²) < 4.78 is 0. The van der Waals surface area contributed by atoms with Gasteiger partial charge in [0, 0.05) is 26.4 Å². The van der Waals surface area contributed by atoms with Gasteiger partial charge >= 0.3 is 5.97 Å². The summed E-state index contributed by atoms with van der Waals surface area (Å²) in [5.74, 6) is -0.156. The number of carboxylic acid groups (broad SMARTS) is 1. The summed E-state index contributed by atoms with van der Waals surface area (Å²) in [4.78, 5) is 23.4. The Morgan fingerprint density at radius 2 is 2.29 bits per heavy atom. The highest BCUT2D eigenvalue weighted by molar-refractivity contribution is 5.76. The summed E-state index contributed by atoms with van der Waals surface area (Å²) >= 11 is 0. The van der Waals surface area contributed by atoms with Gasteiger partial charge in [-0.2, -0.15) is 0 Å². The van der Waals surface area contributed by atoms with Crippen LogP contribution in [-0.4, -0.2) is 35.5 Å². The second-order valence-electron chi connectivity index (χ2n) is 3.94. The molecule has 0 unspecified atom stereocenters. The molecule has 1 amide bonds. The minimum atomic E-state index is -0.742. The zero-order chi connectivity index (χ0) is 10.6. The fourth-order valence-corrected chi connectivity index (χ4v) is 1.78. The average molecular weight is 199 g/mol. The largest absolute Gasteiger partial charge is 0.481 e. The van der Waals surface area contributed by atoms with E-state index in [1.807, 2.05) is 7.05 Å². The fourth-order valence-electron chi connectivity index (χ4n) is 1.78. The van der Waals surface area contributed by atoms with Crippen molar-refractivity contribution in [3.8, 4) is 0 Å². The van der Waals surface area contributed by atoms with E-state index < -0.39 is 5.97 Å². The van der Waals surface area contributed by atoms with E-state index in [0.717, 1.165) is 19.4 Å². The van der Waals surface area contributed by atoms with Gasteiger partial charge < -0.3 is 10.0 Å². The molecule has 0 spiro atoms. The highest BCUT2D eigenvalue weighted by Crippen LogP contribution is 2.21. The second kappa shape index (κ2) is 4.98. The van der Waals surface area contributed by atoms with Crippen LogP contribution in [0.5, 0.6) is 0 Å². The fraction of sp³-hybridized carbons (Fsp3) is 0.800. The molecule has 0 aliphatic carbocycles. The lowest BCUT2D eigenvalue weighted by atomic mass is 9.95. The second-order valence-corrected chi connectivity index (χ2v) is 3.94. The molecule has 80 valence electrons. The lowest BCUT2D eigenvalue weighted by Crippen LogP contribution is -2.25. The molecule has 1 saturated heterocycles. The molecular weight excluding hydrogens is 182 g/mol. The lowest BCUT2D eigenvalue weighted by Gasteiger charge is -2.14. The Balaban J connectivity index is 2.34. The highest BCUT2D eigenvalue weighted by Gasteiger charge is 2.20. The normalized spacial score (nSPS) is 23.4. The van der Waals surface area contributed by atoms with Crippen molar-refractivity contribution < 1.29 is 14.7 Å². The van der Waals surface area contributed by atoms with Crippen LogP contribution in [0.15, 0.2) is 0 Å². The molecule has 0 bridgehead atoms. The van der Waals surface area contributed by atoms with Crippen LogP contribution in [0.3, 0.4) is 0 Å². The Labute approximate surface area is 83.9 Å². The number of carbonyl (C=O) groups is 2. The van der Waals surface area contributed by atoms with Gasteiger partial charge in [0.05, 0.1) is 0 Å². The van der Waals surface area contributed by atoms with Crippen LogP contribution in [-0.2, 0) is 9.59 Å². The molecule has 4 heteroatoms. The van der Waals surface area contributed by atoms with Crippen LogP contribution in [0.2, 0.25) is 0 Å². The molecule has 0 aromatic rings. The molecule has 0 aromatic heterocycles. The number of aliphatic carboxylic acids is 1. The summed E-state index contributed by atoms with van der Waals surface area (Å²) in [5, 5.41) is 8.54. The SMILES string of the molecule is CN1CC[C@H](CCC(=O)O)CCC1=O. The van der Waals surface area contributed by atoms with E-state index in [0.29, 0.717) is 18.8 Å². The quantitative estimate of drug-likeness (QED) is 0.740. The molecule has 0 saturated carbocycles. The van der Waals surface area contributed by atoms with Crippen LogP contribution in [0, 0.1) is 5.92 Å². The average Bonchev–Trinajstić information content (AvgIpc) is 2.28. The molecule has 0 aromatic carbocycles. The molecule has 14 heavy (non-hydrogen) atoms. The summed E-state index contributed by atoms with van der Waals surface area (Å²) in [6, 6.07) is 0. The van der Waals surface area contributed by atoms with Crippen molar-refractivity contribution >= 4 is 11.9 Å². The van der Waals surface area contributed by atoms with Crippen LogP contribution < -0.4 is 0 Å². The van der Waals surface area contributed by atoms with Crippen LogP contribution in [0.4, 0.5) is 0 Å². The van der Waals surface area contributed by atoms with Crippen molar-refractivity contribution in [2.75, 3.05) is 13.6 Å². The Morgan fingerprint density at radius 1 is 1.57 bits per heavy atom. The van der Waals surface area contributed by atoms with Gasteiger partial charge in [-0.15, -0.1) is 0 Å². The molecule has 1 aliphatic rings. The zero-order valence-corrected chi connectivity index (χ0v) is 8.53. The molecule has 1 fully saturated rings. The van der Waals surface area contributed by atoms with Crippen molar-refractivity contribution in [2.45, 2.75) is 32.1 Å². The molecule has 1 heterocycles. The van der Waals surface area contributed by atoms with Crippen LogP contribution >= 0.6 is 0 Å². The van der Waals surface area contributed by atoms with Crippen LogP contribution in [0.1, 0.15) is 32.1 Å². The Morgan fingerprint density at radius 3 is 2.93 bits per heavy atom. The zero-order valence-electron chi connectivity index (χ0n) is 8.53. The molecule has 1 aliphatic heterocycles. The third-order valence-electron chi connectivity index (χ3n) is 2.83. The van der Waals surface area contributed by atoms with Gasteiger partial charge in [0.2, 0.25) is 5.91 Å². The third-order valence-corrected chi connectivity index (χ3v) is 2.83. The number of likely N-dealkylation sites (tertiary alicyclic amines) is 1. The Hall–Kier alpha value is -1.06. The van der Waals surface area contributed by atoms with Crippen molar-refractivity contribution in [3.05, 3.63) is 0 Å². The van der Waals surface area contributed by atoms with Gasteiger partial charge in [0.15, 0.2) is 0 Å². The first-order chi connectivity index (χ1) is 6.59. The monoisotopic (exact) mass is 199 g/mol. The minimum Gasteiger partial charge on any atom is -0.481 e.